The summed E-state index contributed by atoms with van der Waals surface area (Å²) in [6.45, 7) is 3.93. The van der Waals surface area contributed by atoms with Crippen LogP contribution in [0.4, 0.5) is 0 Å². The van der Waals surface area contributed by atoms with Crippen molar-refractivity contribution in [3.8, 4) is 34.3 Å². The molecule has 4 aromatic rings. The normalized spacial score (nSPS) is 14.0. The highest BCUT2D eigenvalue weighted by atomic mass is 16.5. The molecule has 1 aromatic heterocycles. The minimum absolute atomic E-state index is 0.00765. The van der Waals surface area contributed by atoms with E-state index in [4.69, 9.17) is 13.9 Å². The summed E-state index contributed by atoms with van der Waals surface area (Å²) in [6.07, 6.45) is 1.66. The number of aromatic nitrogens is 1. The van der Waals surface area contributed by atoms with Crippen LogP contribution in [0, 0.1) is 0 Å². The molecule has 0 bridgehead atoms. The molecule has 0 atom stereocenters. The quantitative estimate of drug-likeness (QED) is 0.369. The van der Waals surface area contributed by atoms with E-state index in [9.17, 15) is 4.79 Å². The SMILES string of the molecule is COc1ccc(-c2cnc(-c3ccccc3C(=O)N3CCN(Cc4ccccc4)CC3)o2)c(OC)c1. The van der Waals surface area contributed by atoms with Crippen molar-refractivity contribution in [3.63, 3.8) is 0 Å². The molecule has 1 aliphatic rings. The molecule has 36 heavy (non-hydrogen) atoms. The molecule has 0 unspecified atom stereocenters. The van der Waals surface area contributed by atoms with Gasteiger partial charge in [-0.3, -0.25) is 9.69 Å². The summed E-state index contributed by atoms with van der Waals surface area (Å²) in [5, 5.41) is 0. The molecule has 5 rings (SSSR count). The van der Waals surface area contributed by atoms with Gasteiger partial charge in [0, 0.05) is 44.4 Å². The predicted octanol–water partition coefficient (Wildman–Crippen LogP) is 4.98. The molecule has 0 radical (unpaired) electrons. The maximum Gasteiger partial charge on any atom is 0.254 e. The number of benzene rings is 3. The van der Waals surface area contributed by atoms with Crippen molar-refractivity contribution in [2.24, 2.45) is 0 Å². The molecular formula is C29H29N3O4. The van der Waals surface area contributed by atoms with Gasteiger partial charge in [-0.05, 0) is 29.8 Å². The molecule has 184 valence electrons. The second-order valence-corrected chi connectivity index (χ2v) is 8.70. The Morgan fingerprint density at radius 3 is 2.39 bits per heavy atom. The summed E-state index contributed by atoms with van der Waals surface area (Å²) in [5.74, 6) is 2.26. The zero-order valence-electron chi connectivity index (χ0n) is 20.5. The van der Waals surface area contributed by atoms with E-state index in [-0.39, 0.29) is 5.91 Å². The molecule has 0 spiro atoms. The number of piperazine rings is 1. The van der Waals surface area contributed by atoms with Gasteiger partial charge >= 0.3 is 0 Å². The van der Waals surface area contributed by atoms with Gasteiger partial charge < -0.3 is 18.8 Å². The lowest BCUT2D eigenvalue weighted by Crippen LogP contribution is -2.48. The molecule has 7 heteroatoms. The smallest absolute Gasteiger partial charge is 0.254 e. The lowest BCUT2D eigenvalue weighted by molar-refractivity contribution is 0.0629. The summed E-state index contributed by atoms with van der Waals surface area (Å²) in [7, 11) is 3.21. The number of carbonyl (C=O) groups is 1. The van der Waals surface area contributed by atoms with Crippen LogP contribution in [0.3, 0.4) is 0 Å². The maximum absolute atomic E-state index is 13.5. The van der Waals surface area contributed by atoms with E-state index < -0.39 is 0 Å². The highest BCUT2D eigenvalue weighted by molar-refractivity contribution is 6.00. The minimum atomic E-state index is -0.00765. The standard InChI is InChI=1S/C29H29N3O4/c1-34-22-12-13-25(26(18-22)35-2)27-19-30-28(36-27)23-10-6-7-11-24(23)29(33)32-16-14-31(15-17-32)20-21-8-4-3-5-9-21/h3-13,18-19H,14-17,20H2,1-2H3. The zero-order chi connectivity index (χ0) is 24.9. The molecule has 2 heterocycles. The molecule has 1 aliphatic heterocycles. The summed E-state index contributed by atoms with van der Waals surface area (Å²) in [4.78, 5) is 22.3. The van der Waals surface area contributed by atoms with E-state index in [2.05, 4.69) is 34.1 Å². The number of amides is 1. The van der Waals surface area contributed by atoms with Crippen LogP contribution in [-0.4, -0.2) is 61.1 Å². The Morgan fingerprint density at radius 2 is 1.64 bits per heavy atom. The molecule has 3 aromatic carbocycles. The molecule has 0 N–H and O–H groups in total. The maximum atomic E-state index is 13.5. The molecule has 1 saturated heterocycles. The average Bonchev–Trinajstić information content (AvgIpc) is 3.43. The first-order valence-corrected chi connectivity index (χ1v) is 12.0. The minimum Gasteiger partial charge on any atom is -0.497 e. The van der Waals surface area contributed by atoms with Crippen molar-refractivity contribution in [1.29, 1.82) is 0 Å². The highest BCUT2D eigenvalue weighted by Gasteiger charge is 2.25. The van der Waals surface area contributed by atoms with Crippen molar-refractivity contribution >= 4 is 5.91 Å². The van der Waals surface area contributed by atoms with Gasteiger partial charge in [0.15, 0.2) is 5.76 Å². The molecule has 0 saturated carbocycles. The van der Waals surface area contributed by atoms with Gasteiger partial charge in [-0.15, -0.1) is 0 Å². The van der Waals surface area contributed by atoms with E-state index >= 15 is 0 Å². The van der Waals surface area contributed by atoms with Crippen molar-refractivity contribution in [2.45, 2.75) is 6.54 Å². The van der Waals surface area contributed by atoms with Crippen LogP contribution in [0.25, 0.3) is 22.8 Å². The first-order chi connectivity index (χ1) is 17.7. The van der Waals surface area contributed by atoms with Crippen LogP contribution in [-0.2, 0) is 6.54 Å². The number of nitrogens with zero attached hydrogens (tertiary/aromatic N) is 3. The Kier molecular flexibility index (Phi) is 7.00. The van der Waals surface area contributed by atoms with E-state index in [1.54, 1.807) is 26.5 Å². The summed E-state index contributed by atoms with van der Waals surface area (Å²) < 4.78 is 16.9. The topological polar surface area (TPSA) is 68.0 Å². The fourth-order valence-electron chi connectivity index (χ4n) is 4.50. The first-order valence-electron chi connectivity index (χ1n) is 12.0. The van der Waals surface area contributed by atoms with Gasteiger partial charge in [0.25, 0.3) is 5.91 Å². The fraction of sp³-hybridized carbons (Fsp3) is 0.241. The molecule has 0 aliphatic carbocycles. The number of hydrogen-bond acceptors (Lipinski definition) is 6. The third-order valence-corrected chi connectivity index (χ3v) is 6.48. The highest BCUT2D eigenvalue weighted by Crippen LogP contribution is 2.36. The number of methoxy groups -OCH3 is 2. The molecular weight excluding hydrogens is 454 g/mol. The number of hydrogen-bond donors (Lipinski definition) is 0. The average molecular weight is 484 g/mol. The molecule has 1 amide bonds. The van der Waals surface area contributed by atoms with E-state index in [1.807, 2.05) is 47.4 Å². The van der Waals surface area contributed by atoms with Crippen LogP contribution < -0.4 is 9.47 Å². The Morgan fingerprint density at radius 1 is 0.889 bits per heavy atom. The van der Waals surface area contributed by atoms with Gasteiger partial charge in [0.1, 0.15) is 11.5 Å². The van der Waals surface area contributed by atoms with Gasteiger partial charge in [-0.25, -0.2) is 4.98 Å². The largest absolute Gasteiger partial charge is 0.497 e. The Balaban J connectivity index is 1.33. The van der Waals surface area contributed by atoms with Gasteiger partial charge in [-0.2, -0.15) is 0 Å². The third kappa shape index (κ3) is 4.97. The van der Waals surface area contributed by atoms with Gasteiger partial charge in [0.2, 0.25) is 5.89 Å². The van der Waals surface area contributed by atoms with Crippen molar-refractivity contribution in [1.82, 2.24) is 14.8 Å². The van der Waals surface area contributed by atoms with E-state index in [1.165, 1.54) is 5.56 Å². The van der Waals surface area contributed by atoms with Gasteiger partial charge in [-0.1, -0.05) is 42.5 Å². The number of carbonyl (C=O) groups excluding carboxylic acids is 1. The van der Waals surface area contributed by atoms with Crippen molar-refractivity contribution in [2.75, 3.05) is 40.4 Å². The third-order valence-electron chi connectivity index (χ3n) is 6.48. The Labute approximate surface area is 210 Å². The van der Waals surface area contributed by atoms with E-state index in [0.29, 0.717) is 47.4 Å². The second kappa shape index (κ2) is 10.7. The van der Waals surface area contributed by atoms with Crippen LogP contribution in [0.2, 0.25) is 0 Å². The summed E-state index contributed by atoms with van der Waals surface area (Å²) in [5.41, 5.74) is 3.31. The lowest BCUT2D eigenvalue weighted by Gasteiger charge is -2.35. The van der Waals surface area contributed by atoms with Crippen molar-refractivity contribution in [3.05, 3.63) is 90.1 Å². The number of ether oxygens (including phenoxy) is 2. The second-order valence-electron chi connectivity index (χ2n) is 8.70. The molecule has 1 fully saturated rings. The first kappa shape index (κ1) is 23.6. The fourth-order valence-corrected chi connectivity index (χ4v) is 4.50. The summed E-state index contributed by atoms with van der Waals surface area (Å²) >= 11 is 0. The van der Waals surface area contributed by atoms with Crippen LogP contribution in [0.5, 0.6) is 11.5 Å². The van der Waals surface area contributed by atoms with Crippen LogP contribution in [0.15, 0.2) is 83.4 Å². The Hall–Kier alpha value is -4.10. The monoisotopic (exact) mass is 483 g/mol. The summed E-state index contributed by atoms with van der Waals surface area (Å²) in [6, 6.07) is 23.4. The molecule has 7 nitrogen and oxygen atoms in total. The number of rotatable bonds is 7. The van der Waals surface area contributed by atoms with Crippen LogP contribution in [0.1, 0.15) is 15.9 Å². The number of oxazole rings is 1. The lowest BCUT2D eigenvalue weighted by atomic mass is 10.1. The zero-order valence-corrected chi connectivity index (χ0v) is 20.5. The van der Waals surface area contributed by atoms with Gasteiger partial charge in [0.05, 0.1) is 31.5 Å². The van der Waals surface area contributed by atoms with Crippen LogP contribution >= 0.6 is 0 Å². The van der Waals surface area contributed by atoms with E-state index in [0.717, 1.165) is 25.2 Å². The predicted molar refractivity (Wildman–Crippen MR) is 138 cm³/mol. The Bertz CT molecular complexity index is 1330. The van der Waals surface area contributed by atoms with Crippen molar-refractivity contribution < 1.29 is 18.7 Å².